The van der Waals surface area contributed by atoms with Crippen molar-refractivity contribution in [3.8, 4) is 17.0 Å². The van der Waals surface area contributed by atoms with E-state index in [0.717, 1.165) is 18.4 Å². The molecule has 1 fully saturated rings. The van der Waals surface area contributed by atoms with Crippen LogP contribution >= 0.6 is 0 Å². The van der Waals surface area contributed by atoms with Gasteiger partial charge in [-0.15, -0.1) is 0 Å². The third-order valence-corrected chi connectivity index (χ3v) is 6.60. The normalized spacial score (nSPS) is 15.2. The van der Waals surface area contributed by atoms with Crippen LogP contribution in [0.1, 0.15) is 35.1 Å². The Hall–Kier alpha value is -4.77. The zero-order valence-corrected chi connectivity index (χ0v) is 21.7. The Bertz CT molecular complexity index is 1530. The van der Waals surface area contributed by atoms with Gasteiger partial charge in [0, 0.05) is 55.5 Å². The first-order valence-electron chi connectivity index (χ1n) is 12.5. The second kappa shape index (κ2) is 11.3. The lowest BCUT2D eigenvalue weighted by Crippen LogP contribution is -2.30. The second-order valence-corrected chi connectivity index (χ2v) is 9.01. The van der Waals surface area contributed by atoms with Gasteiger partial charge in [-0.3, -0.25) is 14.0 Å². The SMILES string of the molecule is COC/C=C/C(=O)N1CCCC1c1nc(-c2ccc(C(=O)Nc3cc(OC)ccn3)cc2)c2c(N)nccn12. The van der Waals surface area contributed by atoms with E-state index in [0.29, 0.717) is 53.1 Å². The largest absolute Gasteiger partial charge is 0.497 e. The summed E-state index contributed by atoms with van der Waals surface area (Å²) < 4.78 is 12.1. The van der Waals surface area contributed by atoms with E-state index in [1.807, 2.05) is 27.6 Å². The van der Waals surface area contributed by atoms with Crippen molar-refractivity contribution in [1.82, 2.24) is 24.3 Å². The molecule has 11 heteroatoms. The molecule has 39 heavy (non-hydrogen) atoms. The van der Waals surface area contributed by atoms with Gasteiger partial charge in [-0.2, -0.15) is 0 Å². The summed E-state index contributed by atoms with van der Waals surface area (Å²) in [5.41, 5.74) is 8.82. The highest BCUT2D eigenvalue weighted by molar-refractivity contribution is 6.04. The number of benzene rings is 1. The highest BCUT2D eigenvalue weighted by Crippen LogP contribution is 2.36. The summed E-state index contributed by atoms with van der Waals surface area (Å²) in [5.74, 6) is 1.63. The first-order chi connectivity index (χ1) is 19.0. The minimum absolute atomic E-state index is 0.0873. The van der Waals surface area contributed by atoms with E-state index in [-0.39, 0.29) is 17.9 Å². The lowest BCUT2D eigenvalue weighted by Gasteiger charge is -2.22. The fourth-order valence-corrected chi connectivity index (χ4v) is 4.74. The van der Waals surface area contributed by atoms with Crippen molar-refractivity contribution in [1.29, 1.82) is 0 Å². The number of aromatic nitrogens is 4. The summed E-state index contributed by atoms with van der Waals surface area (Å²) in [7, 11) is 3.14. The molecular formula is C28H29N7O4. The van der Waals surface area contributed by atoms with E-state index in [9.17, 15) is 9.59 Å². The number of imidazole rings is 1. The Morgan fingerprint density at radius 1 is 1.15 bits per heavy atom. The third-order valence-electron chi connectivity index (χ3n) is 6.60. The molecule has 5 rings (SSSR count). The van der Waals surface area contributed by atoms with Gasteiger partial charge in [-0.05, 0) is 31.0 Å². The van der Waals surface area contributed by atoms with Gasteiger partial charge in [0.2, 0.25) is 5.91 Å². The molecular weight excluding hydrogens is 498 g/mol. The monoisotopic (exact) mass is 527 g/mol. The minimum Gasteiger partial charge on any atom is -0.497 e. The molecule has 1 atom stereocenters. The Morgan fingerprint density at radius 3 is 2.74 bits per heavy atom. The number of hydrogen-bond acceptors (Lipinski definition) is 8. The lowest BCUT2D eigenvalue weighted by atomic mass is 10.1. The topological polar surface area (TPSA) is 137 Å². The maximum absolute atomic E-state index is 12.9. The second-order valence-electron chi connectivity index (χ2n) is 9.01. The molecule has 2 amide bonds. The van der Waals surface area contributed by atoms with Crippen molar-refractivity contribution in [2.24, 2.45) is 0 Å². The predicted octanol–water partition coefficient (Wildman–Crippen LogP) is 3.50. The van der Waals surface area contributed by atoms with Gasteiger partial charge in [0.05, 0.1) is 19.8 Å². The quantitative estimate of drug-likeness (QED) is 0.332. The van der Waals surface area contributed by atoms with Gasteiger partial charge < -0.3 is 25.4 Å². The molecule has 1 saturated heterocycles. The Kier molecular flexibility index (Phi) is 7.50. The smallest absolute Gasteiger partial charge is 0.256 e. The summed E-state index contributed by atoms with van der Waals surface area (Å²) in [6.45, 7) is 1.00. The molecule has 200 valence electrons. The molecule has 1 aromatic carbocycles. The number of amides is 2. The zero-order valence-electron chi connectivity index (χ0n) is 21.7. The van der Waals surface area contributed by atoms with Crippen molar-refractivity contribution in [2.75, 3.05) is 38.4 Å². The number of anilines is 2. The number of nitrogens with two attached hydrogens (primary N) is 1. The van der Waals surface area contributed by atoms with Crippen molar-refractivity contribution in [3.05, 3.63) is 78.5 Å². The predicted molar refractivity (Wildman–Crippen MR) is 146 cm³/mol. The van der Waals surface area contributed by atoms with Crippen molar-refractivity contribution < 1.29 is 19.1 Å². The number of pyridine rings is 1. The number of carbonyl (C=O) groups excluding carboxylic acids is 2. The van der Waals surface area contributed by atoms with Crippen LogP contribution in [0.25, 0.3) is 16.8 Å². The number of hydrogen-bond donors (Lipinski definition) is 2. The molecule has 4 heterocycles. The van der Waals surface area contributed by atoms with Crippen LogP contribution < -0.4 is 15.8 Å². The van der Waals surface area contributed by atoms with Crippen molar-refractivity contribution in [2.45, 2.75) is 18.9 Å². The number of nitrogen functional groups attached to an aromatic ring is 1. The minimum atomic E-state index is -0.305. The van der Waals surface area contributed by atoms with Gasteiger partial charge in [-0.1, -0.05) is 18.2 Å². The molecule has 0 aliphatic carbocycles. The number of carbonyl (C=O) groups is 2. The maximum atomic E-state index is 12.9. The molecule has 3 aromatic heterocycles. The number of ether oxygens (including phenoxy) is 2. The molecule has 1 unspecified atom stereocenters. The van der Waals surface area contributed by atoms with Crippen LogP contribution in [-0.4, -0.2) is 63.4 Å². The highest BCUT2D eigenvalue weighted by atomic mass is 16.5. The number of likely N-dealkylation sites (tertiary alicyclic amines) is 1. The Labute approximate surface area is 225 Å². The fraction of sp³-hybridized carbons (Fsp3) is 0.250. The number of nitrogens with zero attached hydrogens (tertiary/aromatic N) is 5. The van der Waals surface area contributed by atoms with E-state index in [4.69, 9.17) is 20.2 Å². The van der Waals surface area contributed by atoms with Crippen molar-refractivity contribution >= 4 is 29.0 Å². The molecule has 3 N–H and O–H groups in total. The summed E-state index contributed by atoms with van der Waals surface area (Å²) in [6, 6.07) is 10.2. The van der Waals surface area contributed by atoms with Gasteiger partial charge in [0.15, 0.2) is 0 Å². The number of rotatable bonds is 8. The van der Waals surface area contributed by atoms with Gasteiger partial charge in [-0.25, -0.2) is 15.0 Å². The zero-order chi connectivity index (χ0) is 27.4. The van der Waals surface area contributed by atoms with E-state index >= 15 is 0 Å². The molecule has 0 saturated carbocycles. The number of methoxy groups -OCH3 is 2. The van der Waals surface area contributed by atoms with E-state index in [1.54, 1.807) is 63.0 Å². The van der Waals surface area contributed by atoms with Crippen LogP contribution in [-0.2, 0) is 9.53 Å². The number of fused-ring (bicyclic) bond motifs is 1. The Morgan fingerprint density at radius 2 is 1.97 bits per heavy atom. The van der Waals surface area contributed by atoms with Gasteiger partial charge >= 0.3 is 0 Å². The molecule has 1 aliphatic heterocycles. The van der Waals surface area contributed by atoms with Gasteiger partial charge in [0.1, 0.15) is 34.4 Å². The van der Waals surface area contributed by atoms with Gasteiger partial charge in [0.25, 0.3) is 5.91 Å². The maximum Gasteiger partial charge on any atom is 0.256 e. The molecule has 0 bridgehead atoms. The Balaban J connectivity index is 1.45. The van der Waals surface area contributed by atoms with E-state index in [1.165, 1.54) is 0 Å². The highest BCUT2D eigenvalue weighted by Gasteiger charge is 2.33. The van der Waals surface area contributed by atoms with Crippen LogP contribution in [0, 0.1) is 0 Å². The van der Waals surface area contributed by atoms with Crippen LogP contribution in [0.3, 0.4) is 0 Å². The fourth-order valence-electron chi connectivity index (χ4n) is 4.74. The third kappa shape index (κ3) is 5.30. The van der Waals surface area contributed by atoms with Crippen LogP contribution in [0.2, 0.25) is 0 Å². The van der Waals surface area contributed by atoms with Crippen molar-refractivity contribution in [3.63, 3.8) is 0 Å². The van der Waals surface area contributed by atoms with E-state index in [2.05, 4.69) is 15.3 Å². The molecule has 4 aromatic rings. The first kappa shape index (κ1) is 25.9. The summed E-state index contributed by atoms with van der Waals surface area (Å²) in [5, 5.41) is 2.78. The molecule has 0 spiro atoms. The summed E-state index contributed by atoms with van der Waals surface area (Å²) >= 11 is 0. The lowest BCUT2D eigenvalue weighted by molar-refractivity contribution is -0.127. The average Bonchev–Trinajstić information content (AvgIpc) is 3.59. The molecule has 1 aliphatic rings. The average molecular weight is 528 g/mol. The summed E-state index contributed by atoms with van der Waals surface area (Å²) in [6.07, 6.45) is 9.88. The summed E-state index contributed by atoms with van der Waals surface area (Å²) in [4.78, 5) is 40.9. The standard InChI is InChI=1S/C28H29N7O4/c1-38-16-4-6-23(36)34-14-3-5-21(34)27-33-24(25-26(29)31-13-15-35(25)27)18-7-9-19(10-8-18)28(37)32-22-17-20(39-2)11-12-30-22/h4,6-13,15,17,21H,3,5,14,16H2,1-2H3,(H2,29,31)(H,30,32,37)/b6-4+. The number of nitrogens with one attached hydrogen (secondary N) is 1. The van der Waals surface area contributed by atoms with Crippen LogP contribution in [0.15, 0.2) is 67.1 Å². The van der Waals surface area contributed by atoms with Crippen LogP contribution in [0.5, 0.6) is 5.75 Å². The first-order valence-corrected chi connectivity index (χ1v) is 12.5. The molecule has 11 nitrogen and oxygen atoms in total. The molecule has 0 radical (unpaired) electrons. The van der Waals surface area contributed by atoms with E-state index < -0.39 is 0 Å². The van der Waals surface area contributed by atoms with Crippen LogP contribution in [0.4, 0.5) is 11.6 Å².